The van der Waals surface area contributed by atoms with Crippen LogP contribution in [0.15, 0.2) is 23.2 Å². The van der Waals surface area contributed by atoms with Crippen molar-refractivity contribution in [2.45, 2.75) is 24.7 Å². The summed E-state index contributed by atoms with van der Waals surface area (Å²) < 4.78 is 79.1. The first-order valence-corrected chi connectivity index (χ1v) is 6.99. The van der Waals surface area contributed by atoms with E-state index in [1.54, 1.807) is 0 Å². The molecule has 0 bridgehead atoms. The molecule has 0 saturated heterocycles. The van der Waals surface area contributed by atoms with E-state index in [0.29, 0.717) is 18.2 Å². The number of hydrogen-bond donors (Lipinski definition) is 2. The van der Waals surface area contributed by atoms with Crippen molar-refractivity contribution in [2.75, 3.05) is 6.67 Å². The van der Waals surface area contributed by atoms with Crippen LogP contribution in [-0.4, -0.2) is 35.4 Å². The molecule has 6 nitrogen and oxygen atoms in total. The van der Waals surface area contributed by atoms with Crippen molar-refractivity contribution >= 4 is 17.8 Å². The van der Waals surface area contributed by atoms with Gasteiger partial charge in [-0.05, 0) is 23.8 Å². The lowest BCUT2D eigenvalue weighted by Crippen LogP contribution is -2.46. The molecule has 0 saturated carbocycles. The second kappa shape index (κ2) is 6.50. The van der Waals surface area contributed by atoms with E-state index in [4.69, 9.17) is 11.5 Å². The topological polar surface area (TPSA) is 102 Å². The molecule has 2 amide bonds. The van der Waals surface area contributed by atoms with Crippen molar-refractivity contribution in [1.29, 1.82) is 0 Å². The third-order valence-electron chi connectivity index (χ3n) is 3.63. The van der Waals surface area contributed by atoms with Gasteiger partial charge in [0.1, 0.15) is 0 Å². The Bertz CT molecular complexity index is 773. The van der Waals surface area contributed by atoms with Gasteiger partial charge >= 0.3 is 12.2 Å². The molecule has 0 radical (unpaired) electrons. The lowest BCUT2D eigenvalue weighted by molar-refractivity contribution is -0.152. The Kier molecular flexibility index (Phi) is 4.88. The minimum Gasteiger partial charge on any atom is -0.370 e. The fraction of sp³-hybridized carbons (Fsp3) is 0.357. The highest BCUT2D eigenvalue weighted by atomic mass is 19.4. The number of halogens is 6. The van der Waals surface area contributed by atoms with Gasteiger partial charge in [-0.1, -0.05) is 0 Å². The highest BCUT2D eigenvalue weighted by molar-refractivity contribution is 6.01. The van der Waals surface area contributed by atoms with Crippen LogP contribution in [0.3, 0.4) is 0 Å². The van der Waals surface area contributed by atoms with E-state index in [1.165, 1.54) is 0 Å². The van der Waals surface area contributed by atoms with E-state index >= 15 is 0 Å². The van der Waals surface area contributed by atoms with Gasteiger partial charge in [0, 0.05) is 5.56 Å². The van der Waals surface area contributed by atoms with Crippen LogP contribution in [0.2, 0.25) is 0 Å². The van der Waals surface area contributed by atoms with Crippen molar-refractivity contribution in [3.63, 3.8) is 0 Å². The highest BCUT2D eigenvalue weighted by Crippen LogP contribution is 2.44. The van der Waals surface area contributed by atoms with Gasteiger partial charge in [0.25, 0.3) is 11.8 Å². The number of aliphatic imine (C=N–C) groups is 1. The Morgan fingerprint density at radius 3 is 2.31 bits per heavy atom. The van der Waals surface area contributed by atoms with Gasteiger partial charge in [-0.25, -0.2) is 4.39 Å². The Morgan fingerprint density at radius 2 is 1.81 bits per heavy atom. The van der Waals surface area contributed by atoms with Crippen molar-refractivity contribution in [2.24, 2.45) is 16.5 Å². The number of carbonyl (C=O) groups is 2. The molecule has 0 fully saturated rings. The van der Waals surface area contributed by atoms with Gasteiger partial charge in [-0.3, -0.25) is 14.5 Å². The van der Waals surface area contributed by atoms with E-state index in [-0.39, 0.29) is 4.90 Å². The highest BCUT2D eigenvalue weighted by Gasteiger charge is 2.51. The summed E-state index contributed by atoms with van der Waals surface area (Å²) in [5, 5.41) is 0. The van der Waals surface area contributed by atoms with Crippen molar-refractivity contribution in [1.82, 2.24) is 4.90 Å². The predicted octanol–water partition coefficient (Wildman–Crippen LogP) is 1.95. The quantitative estimate of drug-likeness (QED) is 0.360. The van der Waals surface area contributed by atoms with E-state index in [9.17, 15) is 35.9 Å². The minimum absolute atomic E-state index is 0.266. The Balaban J connectivity index is 2.57. The summed E-state index contributed by atoms with van der Waals surface area (Å²) in [5.74, 6) is -3.26. The number of alkyl halides is 6. The fourth-order valence-corrected chi connectivity index (χ4v) is 2.62. The monoisotopic (exact) mass is 382 g/mol. The molecule has 1 aliphatic heterocycles. The number of nitrogens with zero attached hydrogens (tertiary/aromatic N) is 2. The largest absolute Gasteiger partial charge is 0.416 e. The van der Waals surface area contributed by atoms with Gasteiger partial charge in [-0.15, -0.1) is 0 Å². The zero-order valence-corrected chi connectivity index (χ0v) is 12.9. The second-order valence-corrected chi connectivity index (χ2v) is 5.42. The number of nitrogens with two attached hydrogens (primary N) is 2. The van der Waals surface area contributed by atoms with Crippen LogP contribution in [0.25, 0.3) is 0 Å². The molecular formula is C14H12F6N4O2. The van der Waals surface area contributed by atoms with E-state index in [2.05, 4.69) is 4.99 Å². The first kappa shape index (κ1) is 19.5. The second-order valence-electron chi connectivity index (χ2n) is 5.42. The van der Waals surface area contributed by atoms with Gasteiger partial charge in [-0.2, -0.15) is 26.9 Å². The first-order valence-electron chi connectivity index (χ1n) is 6.99. The fourth-order valence-electron chi connectivity index (χ4n) is 2.62. The summed E-state index contributed by atoms with van der Waals surface area (Å²) in [6.45, 7) is -2.29. The number of guanidine groups is 1. The molecule has 1 heterocycles. The molecule has 12 heteroatoms. The number of amides is 2. The number of hydrogen-bond acceptors (Lipinski definition) is 2. The molecule has 0 unspecified atom stereocenters. The molecule has 4 N–H and O–H groups in total. The third kappa shape index (κ3) is 3.58. The van der Waals surface area contributed by atoms with Crippen molar-refractivity contribution in [3.05, 3.63) is 34.9 Å². The van der Waals surface area contributed by atoms with Gasteiger partial charge in [0.2, 0.25) is 0 Å². The van der Waals surface area contributed by atoms with Crippen LogP contribution in [0.1, 0.15) is 33.9 Å². The third-order valence-corrected chi connectivity index (χ3v) is 3.63. The standard InChI is InChI=1S/C14H12F6N4O2/c15-5-13(16,17)24-9(4-10(25)23-12(21)22)8-3-6(14(18,19)20)1-2-7(8)11(24)26/h1-3,9H,4-5H2,(H4,21,22,23,25)/t9-/m0/s1. The molecule has 142 valence electrons. The summed E-state index contributed by atoms with van der Waals surface area (Å²) in [5.41, 5.74) is 7.78. The predicted molar refractivity (Wildman–Crippen MR) is 76.7 cm³/mol. The summed E-state index contributed by atoms with van der Waals surface area (Å²) in [4.78, 5) is 26.7. The number of benzene rings is 1. The van der Waals surface area contributed by atoms with E-state index in [0.717, 1.165) is 0 Å². The Labute approximate surface area is 142 Å². The lowest BCUT2D eigenvalue weighted by atomic mass is 9.99. The smallest absolute Gasteiger partial charge is 0.370 e. The van der Waals surface area contributed by atoms with E-state index < -0.39 is 65.8 Å². The SMILES string of the molecule is NC(N)=NC(=O)C[C@H]1c2cc(C(F)(F)F)ccc2C(=O)N1C(F)(F)CF. The van der Waals surface area contributed by atoms with Crippen LogP contribution >= 0.6 is 0 Å². The summed E-state index contributed by atoms with van der Waals surface area (Å²) >= 11 is 0. The van der Waals surface area contributed by atoms with Gasteiger partial charge in [0.15, 0.2) is 12.6 Å². The average molecular weight is 382 g/mol. The molecule has 0 aliphatic carbocycles. The van der Waals surface area contributed by atoms with Crippen LogP contribution in [0, 0.1) is 0 Å². The average Bonchev–Trinajstić information content (AvgIpc) is 2.78. The Hall–Kier alpha value is -2.79. The maximum atomic E-state index is 13.9. The number of carbonyl (C=O) groups excluding carboxylic acids is 2. The number of fused-ring (bicyclic) bond motifs is 1. The maximum absolute atomic E-state index is 13.9. The molecule has 1 aromatic carbocycles. The van der Waals surface area contributed by atoms with Crippen molar-refractivity contribution < 1.29 is 35.9 Å². The maximum Gasteiger partial charge on any atom is 0.416 e. The molecule has 0 spiro atoms. The molecule has 26 heavy (non-hydrogen) atoms. The van der Waals surface area contributed by atoms with Crippen LogP contribution in [0.5, 0.6) is 0 Å². The molecular weight excluding hydrogens is 370 g/mol. The zero-order valence-electron chi connectivity index (χ0n) is 12.9. The van der Waals surface area contributed by atoms with Gasteiger partial charge in [0.05, 0.1) is 18.0 Å². The number of rotatable bonds is 4. The minimum atomic E-state index is -4.82. The lowest BCUT2D eigenvalue weighted by Gasteiger charge is -2.30. The zero-order chi connectivity index (χ0) is 19.9. The van der Waals surface area contributed by atoms with Crippen LogP contribution in [0.4, 0.5) is 26.3 Å². The molecule has 2 rings (SSSR count). The molecule has 1 aromatic rings. The normalized spacial score (nSPS) is 17.2. The van der Waals surface area contributed by atoms with Crippen molar-refractivity contribution in [3.8, 4) is 0 Å². The summed E-state index contributed by atoms with van der Waals surface area (Å²) in [6, 6.07) is -4.50. The molecule has 0 aromatic heterocycles. The Morgan fingerprint density at radius 1 is 1.19 bits per heavy atom. The molecule has 1 atom stereocenters. The van der Waals surface area contributed by atoms with E-state index in [1.807, 2.05) is 0 Å². The summed E-state index contributed by atoms with van der Waals surface area (Å²) in [7, 11) is 0. The van der Waals surface area contributed by atoms with Gasteiger partial charge < -0.3 is 11.5 Å². The van der Waals surface area contributed by atoms with Crippen LogP contribution < -0.4 is 11.5 Å². The van der Waals surface area contributed by atoms with Crippen LogP contribution in [-0.2, 0) is 11.0 Å². The first-order chi connectivity index (χ1) is 11.9. The summed E-state index contributed by atoms with van der Waals surface area (Å²) in [6.07, 6.45) is -5.77. The molecule has 1 aliphatic rings.